The summed E-state index contributed by atoms with van der Waals surface area (Å²) in [5.41, 5.74) is 1.33. The van der Waals surface area contributed by atoms with Crippen LogP contribution in [0.4, 0.5) is 0 Å². The molecule has 0 saturated heterocycles. The Morgan fingerprint density at radius 1 is 1.50 bits per heavy atom. The minimum atomic E-state index is -0.884. The van der Waals surface area contributed by atoms with Crippen LogP contribution in [0.3, 0.4) is 0 Å². The van der Waals surface area contributed by atoms with E-state index in [1.165, 1.54) is 0 Å². The number of aliphatic carboxylic acids is 1. The van der Waals surface area contributed by atoms with Crippen molar-refractivity contribution in [2.45, 2.75) is 6.42 Å². The van der Waals surface area contributed by atoms with Crippen molar-refractivity contribution in [2.75, 3.05) is 0 Å². The molecule has 0 aliphatic carbocycles. The van der Waals surface area contributed by atoms with Crippen molar-refractivity contribution in [1.29, 1.82) is 0 Å². The third-order valence-electron chi connectivity index (χ3n) is 1.56. The zero-order chi connectivity index (χ0) is 10.4. The molecule has 1 aromatic rings. The largest absolute Gasteiger partial charge is 0.481 e. The van der Waals surface area contributed by atoms with Gasteiger partial charge in [-0.05, 0) is 23.6 Å². The van der Waals surface area contributed by atoms with Gasteiger partial charge < -0.3 is 5.11 Å². The zero-order valence-corrected chi connectivity index (χ0v) is 7.36. The number of hydrogen-bond donors (Lipinski definition) is 1. The molecule has 0 aliphatic rings. The fraction of sp³-hybridized carbons (Fsp3) is 0.0909. The number of hydrogen-bond acceptors (Lipinski definition) is 2. The minimum absolute atomic E-state index is 0.0311. The van der Waals surface area contributed by atoms with E-state index in [2.05, 4.69) is 11.8 Å². The molecule has 0 aliphatic heterocycles. The van der Waals surface area contributed by atoms with E-state index >= 15 is 0 Å². The lowest BCUT2D eigenvalue weighted by atomic mass is 10.1. The van der Waals surface area contributed by atoms with Crippen molar-refractivity contribution < 1.29 is 14.7 Å². The van der Waals surface area contributed by atoms with Crippen LogP contribution >= 0.6 is 0 Å². The Balaban J connectivity index is 2.89. The molecule has 0 bridgehead atoms. The Morgan fingerprint density at radius 2 is 2.29 bits per heavy atom. The summed E-state index contributed by atoms with van der Waals surface area (Å²) in [6.45, 7) is 0. The van der Waals surface area contributed by atoms with Gasteiger partial charge in [0.05, 0.1) is 6.42 Å². The molecule has 0 saturated carbocycles. The SMILES string of the molecule is O=CC#Cc1cccc(CC(=O)O)c1. The fourth-order valence-corrected chi connectivity index (χ4v) is 1.05. The number of carbonyl (C=O) groups is 2. The van der Waals surface area contributed by atoms with E-state index in [1.807, 2.05) is 0 Å². The van der Waals surface area contributed by atoms with Crippen molar-refractivity contribution in [1.82, 2.24) is 0 Å². The highest BCUT2D eigenvalue weighted by Crippen LogP contribution is 2.04. The second-order valence-electron chi connectivity index (χ2n) is 2.66. The van der Waals surface area contributed by atoms with Gasteiger partial charge >= 0.3 is 5.97 Å². The van der Waals surface area contributed by atoms with Crippen LogP contribution in [-0.4, -0.2) is 17.4 Å². The van der Waals surface area contributed by atoms with Gasteiger partial charge in [-0.2, -0.15) is 0 Å². The first kappa shape index (κ1) is 10.0. The topological polar surface area (TPSA) is 54.4 Å². The predicted octanol–water partition coefficient (Wildman–Crippen LogP) is 0.864. The lowest BCUT2D eigenvalue weighted by Crippen LogP contribution is -1.99. The number of aldehydes is 1. The first-order valence-electron chi connectivity index (χ1n) is 3.98. The van der Waals surface area contributed by atoms with E-state index in [-0.39, 0.29) is 6.42 Å². The molecule has 1 aromatic carbocycles. The van der Waals surface area contributed by atoms with E-state index in [0.717, 1.165) is 0 Å². The highest BCUT2D eigenvalue weighted by molar-refractivity contribution is 5.74. The van der Waals surface area contributed by atoms with Gasteiger partial charge in [0, 0.05) is 5.56 Å². The summed E-state index contributed by atoms with van der Waals surface area (Å²) >= 11 is 0. The molecule has 70 valence electrons. The number of carbonyl (C=O) groups excluding carboxylic acids is 1. The highest BCUT2D eigenvalue weighted by atomic mass is 16.4. The van der Waals surface area contributed by atoms with Crippen molar-refractivity contribution in [2.24, 2.45) is 0 Å². The van der Waals surface area contributed by atoms with Crippen LogP contribution in [0.15, 0.2) is 24.3 Å². The highest BCUT2D eigenvalue weighted by Gasteiger charge is 1.99. The fourth-order valence-electron chi connectivity index (χ4n) is 1.05. The summed E-state index contributed by atoms with van der Waals surface area (Å²) < 4.78 is 0. The van der Waals surface area contributed by atoms with Crippen LogP contribution in [0.25, 0.3) is 0 Å². The number of benzene rings is 1. The smallest absolute Gasteiger partial charge is 0.307 e. The summed E-state index contributed by atoms with van der Waals surface area (Å²) in [5.74, 6) is 3.98. The normalized spacial score (nSPS) is 8.57. The Labute approximate surface area is 81.4 Å². The summed E-state index contributed by atoms with van der Waals surface area (Å²) in [4.78, 5) is 20.4. The number of rotatable bonds is 2. The van der Waals surface area contributed by atoms with Gasteiger partial charge in [0.15, 0.2) is 6.29 Å². The third kappa shape index (κ3) is 3.11. The zero-order valence-electron chi connectivity index (χ0n) is 7.36. The van der Waals surface area contributed by atoms with Crippen molar-refractivity contribution in [3.8, 4) is 11.8 Å². The van der Waals surface area contributed by atoms with E-state index in [4.69, 9.17) is 5.11 Å². The summed E-state index contributed by atoms with van der Waals surface area (Å²) in [6, 6.07) is 6.81. The second-order valence-corrected chi connectivity index (χ2v) is 2.66. The first-order valence-corrected chi connectivity index (χ1v) is 3.98. The molecule has 1 rings (SSSR count). The van der Waals surface area contributed by atoms with Gasteiger partial charge in [-0.1, -0.05) is 18.1 Å². The third-order valence-corrected chi connectivity index (χ3v) is 1.56. The first-order chi connectivity index (χ1) is 6.72. The van der Waals surface area contributed by atoms with E-state index < -0.39 is 5.97 Å². The van der Waals surface area contributed by atoms with Crippen LogP contribution in [0, 0.1) is 11.8 Å². The maximum Gasteiger partial charge on any atom is 0.307 e. The van der Waals surface area contributed by atoms with Gasteiger partial charge in [-0.3, -0.25) is 9.59 Å². The predicted molar refractivity (Wildman–Crippen MR) is 50.7 cm³/mol. The molecule has 0 unspecified atom stereocenters. The number of carboxylic acids is 1. The Kier molecular flexibility index (Phi) is 3.45. The Bertz CT molecular complexity index is 410. The van der Waals surface area contributed by atoms with Gasteiger partial charge in [-0.15, -0.1) is 0 Å². The monoisotopic (exact) mass is 188 g/mol. The Morgan fingerprint density at radius 3 is 2.93 bits per heavy atom. The van der Waals surface area contributed by atoms with Gasteiger partial charge in [0.25, 0.3) is 0 Å². The average Bonchev–Trinajstić information content (AvgIpc) is 2.14. The molecular weight excluding hydrogens is 180 g/mol. The van der Waals surface area contributed by atoms with E-state index in [9.17, 15) is 9.59 Å². The van der Waals surface area contributed by atoms with Crippen LogP contribution in [0.1, 0.15) is 11.1 Å². The summed E-state index contributed by atoms with van der Waals surface area (Å²) in [5, 5.41) is 8.54. The summed E-state index contributed by atoms with van der Waals surface area (Å²) in [6.07, 6.45) is 0.473. The van der Waals surface area contributed by atoms with Crippen molar-refractivity contribution in [3.05, 3.63) is 35.4 Å². The molecule has 0 aromatic heterocycles. The molecule has 0 heterocycles. The molecular formula is C11H8O3. The molecule has 3 nitrogen and oxygen atoms in total. The Hall–Kier alpha value is -2.08. The van der Waals surface area contributed by atoms with Gasteiger partial charge in [0.1, 0.15) is 0 Å². The van der Waals surface area contributed by atoms with E-state index in [0.29, 0.717) is 17.4 Å². The minimum Gasteiger partial charge on any atom is -0.481 e. The lowest BCUT2D eigenvalue weighted by Gasteiger charge is -1.96. The molecule has 14 heavy (non-hydrogen) atoms. The molecule has 1 N–H and O–H groups in total. The molecule has 0 radical (unpaired) electrons. The molecule has 3 heteroatoms. The van der Waals surface area contributed by atoms with Gasteiger partial charge in [0.2, 0.25) is 0 Å². The lowest BCUT2D eigenvalue weighted by molar-refractivity contribution is -0.136. The van der Waals surface area contributed by atoms with Crippen molar-refractivity contribution >= 4 is 12.3 Å². The van der Waals surface area contributed by atoms with Crippen LogP contribution < -0.4 is 0 Å². The number of carboxylic acid groups (broad SMARTS) is 1. The standard InChI is InChI=1S/C11H8O3/c12-6-2-5-9-3-1-4-10(7-9)8-11(13)14/h1,3-4,6-7H,8H2,(H,13,14). The van der Waals surface area contributed by atoms with Crippen LogP contribution in [0.2, 0.25) is 0 Å². The van der Waals surface area contributed by atoms with Crippen molar-refractivity contribution in [3.63, 3.8) is 0 Å². The average molecular weight is 188 g/mol. The molecule has 0 atom stereocenters. The summed E-state index contributed by atoms with van der Waals surface area (Å²) in [7, 11) is 0. The molecule has 0 spiro atoms. The van der Waals surface area contributed by atoms with Gasteiger partial charge in [-0.25, -0.2) is 0 Å². The molecule has 0 fully saturated rings. The van der Waals surface area contributed by atoms with Crippen LogP contribution in [0.5, 0.6) is 0 Å². The maximum absolute atomic E-state index is 10.4. The van der Waals surface area contributed by atoms with E-state index in [1.54, 1.807) is 24.3 Å². The maximum atomic E-state index is 10.4. The molecule has 0 amide bonds. The second kappa shape index (κ2) is 4.83. The quantitative estimate of drug-likeness (QED) is 0.553. The van der Waals surface area contributed by atoms with Crippen LogP contribution in [-0.2, 0) is 16.0 Å².